The van der Waals surface area contributed by atoms with Crippen molar-refractivity contribution in [2.24, 2.45) is 0 Å². The van der Waals surface area contributed by atoms with E-state index in [0.29, 0.717) is 28.2 Å². The van der Waals surface area contributed by atoms with Crippen molar-refractivity contribution in [3.63, 3.8) is 0 Å². The van der Waals surface area contributed by atoms with Crippen molar-refractivity contribution in [2.75, 3.05) is 11.4 Å². The first-order valence-electron chi connectivity index (χ1n) is 8.35. The number of thiophene rings is 1. The SMILES string of the molecule is CCN(C(=O)c1sc2ncn(CC)c(=O)c2c1C)c1cccc(C)c1. The van der Waals surface area contributed by atoms with Gasteiger partial charge in [-0.3, -0.25) is 14.2 Å². The van der Waals surface area contributed by atoms with Gasteiger partial charge in [-0.2, -0.15) is 0 Å². The Balaban J connectivity index is 2.12. The first-order chi connectivity index (χ1) is 12.0. The fourth-order valence-electron chi connectivity index (χ4n) is 2.95. The molecule has 1 amide bonds. The van der Waals surface area contributed by atoms with Crippen molar-refractivity contribution in [1.82, 2.24) is 9.55 Å². The van der Waals surface area contributed by atoms with Gasteiger partial charge >= 0.3 is 0 Å². The van der Waals surface area contributed by atoms with E-state index in [1.165, 1.54) is 11.3 Å². The maximum absolute atomic E-state index is 13.1. The van der Waals surface area contributed by atoms with Crippen LogP contribution in [-0.2, 0) is 6.54 Å². The zero-order chi connectivity index (χ0) is 18.1. The Hall–Kier alpha value is -2.47. The van der Waals surface area contributed by atoms with Crippen molar-refractivity contribution in [3.8, 4) is 0 Å². The zero-order valence-electron chi connectivity index (χ0n) is 14.9. The highest BCUT2D eigenvalue weighted by molar-refractivity contribution is 7.20. The van der Waals surface area contributed by atoms with E-state index in [9.17, 15) is 9.59 Å². The van der Waals surface area contributed by atoms with Crippen LogP contribution >= 0.6 is 11.3 Å². The van der Waals surface area contributed by atoms with Crippen molar-refractivity contribution in [1.29, 1.82) is 0 Å². The van der Waals surface area contributed by atoms with Crippen LogP contribution in [0.15, 0.2) is 35.4 Å². The van der Waals surface area contributed by atoms with Gasteiger partial charge in [-0.15, -0.1) is 11.3 Å². The molecule has 0 bridgehead atoms. The fraction of sp³-hybridized carbons (Fsp3) is 0.316. The molecule has 0 spiro atoms. The standard InChI is InChI=1S/C19H21N3O2S/c1-5-21-11-20-17-15(18(21)23)13(4)16(25-17)19(24)22(6-2)14-9-7-8-12(3)10-14/h7-11H,5-6H2,1-4H3. The van der Waals surface area contributed by atoms with Gasteiger partial charge < -0.3 is 4.90 Å². The van der Waals surface area contributed by atoms with E-state index in [4.69, 9.17) is 0 Å². The first-order valence-corrected chi connectivity index (χ1v) is 9.16. The Labute approximate surface area is 150 Å². The van der Waals surface area contributed by atoms with Crippen LogP contribution in [0.25, 0.3) is 10.2 Å². The Bertz CT molecular complexity index is 1000. The third kappa shape index (κ3) is 2.98. The molecular weight excluding hydrogens is 334 g/mol. The molecule has 0 saturated heterocycles. The minimum Gasteiger partial charge on any atom is -0.308 e. The Morgan fingerprint density at radius 1 is 1.28 bits per heavy atom. The topological polar surface area (TPSA) is 55.2 Å². The molecule has 0 aliphatic heterocycles. The van der Waals surface area contributed by atoms with Gasteiger partial charge in [0.25, 0.3) is 11.5 Å². The normalized spacial score (nSPS) is 11.0. The number of fused-ring (bicyclic) bond motifs is 1. The molecule has 6 heteroatoms. The van der Waals surface area contributed by atoms with Crippen LogP contribution in [0.2, 0.25) is 0 Å². The number of amides is 1. The van der Waals surface area contributed by atoms with Crippen LogP contribution in [0.4, 0.5) is 5.69 Å². The fourth-order valence-corrected chi connectivity index (χ4v) is 4.04. The Morgan fingerprint density at radius 2 is 2.04 bits per heavy atom. The van der Waals surface area contributed by atoms with E-state index in [1.807, 2.05) is 52.0 Å². The van der Waals surface area contributed by atoms with Crippen LogP contribution in [0, 0.1) is 13.8 Å². The molecule has 0 atom stereocenters. The molecule has 25 heavy (non-hydrogen) atoms. The van der Waals surface area contributed by atoms with Gasteiger partial charge in [0.1, 0.15) is 4.83 Å². The lowest BCUT2D eigenvalue weighted by Gasteiger charge is -2.21. The number of aromatic nitrogens is 2. The van der Waals surface area contributed by atoms with E-state index in [1.54, 1.807) is 15.8 Å². The molecule has 0 aliphatic rings. The van der Waals surface area contributed by atoms with Gasteiger partial charge in [0.05, 0.1) is 16.6 Å². The van der Waals surface area contributed by atoms with Gasteiger partial charge in [-0.05, 0) is 51.0 Å². The molecule has 0 aliphatic carbocycles. The van der Waals surface area contributed by atoms with Crippen LogP contribution in [0.1, 0.15) is 34.6 Å². The minimum atomic E-state index is -0.0870. The molecule has 0 saturated carbocycles. The highest BCUT2D eigenvalue weighted by atomic mass is 32.1. The molecule has 2 heterocycles. The lowest BCUT2D eigenvalue weighted by atomic mass is 10.1. The van der Waals surface area contributed by atoms with E-state index >= 15 is 0 Å². The molecule has 1 aromatic carbocycles. The maximum Gasteiger partial charge on any atom is 0.268 e. The van der Waals surface area contributed by atoms with Gasteiger partial charge in [0, 0.05) is 18.8 Å². The number of anilines is 1. The number of carbonyl (C=O) groups is 1. The average molecular weight is 355 g/mol. The molecule has 5 nitrogen and oxygen atoms in total. The van der Waals surface area contributed by atoms with Crippen molar-refractivity contribution >= 4 is 33.1 Å². The third-order valence-electron chi connectivity index (χ3n) is 4.33. The summed E-state index contributed by atoms with van der Waals surface area (Å²) in [6, 6.07) is 7.87. The smallest absolute Gasteiger partial charge is 0.268 e. The summed E-state index contributed by atoms with van der Waals surface area (Å²) in [5.41, 5.74) is 2.60. The molecule has 130 valence electrons. The monoisotopic (exact) mass is 355 g/mol. The molecule has 3 rings (SSSR count). The lowest BCUT2D eigenvalue weighted by Crippen LogP contribution is -2.30. The number of benzene rings is 1. The van der Waals surface area contributed by atoms with Crippen LogP contribution in [0.3, 0.4) is 0 Å². The largest absolute Gasteiger partial charge is 0.308 e. The highest BCUT2D eigenvalue weighted by Gasteiger charge is 2.24. The van der Waals surface area contributed by atoms with Gasteiger partial charge in [0.15, 0.2) is 0 Å². The number of hydrogen-bond acceptors (Lipinski definition) is 4. The maximum atomic E-state index is 13.1. The van der Waals surface area contributed by atoms with Crippen molar-refractivity contribution in [3.05, 3.63) is 57.0 Å². The summed E-state index contributed by atoms with van der Waals surface area (Å²) in [6.45, 7) is 8.81. The zero-order valence-corrected chi connectivity index (χ0v) is 15.7. The molecule has 3 aromatic rings. The Morgan fingerprint density at radius 3 is 2.68 bits per heavy atom. The summed E-state index contributed by atoms with van der Waals surface area (Å²) in [5, 5.41) is 0.554. The van der Waals surface area contributed by atoms with E-state index in [2.05, 4.69) is 4.98 Å². The number of carbonyl (C=O) groups excluding carboxylic acids is 1. The van der Waals surface area contributed by atoms with Gasteiger partial charge in [-0.1, -0.05) is 12.1 Å². The summed E-state index contributed by atoms with van der Waals surface area (Å²) in [6.07, 6.45) is 1.55. The van der Waals surface area contributed by atoms with E-state index in [-0.39, 0.29) is 11.5 Å². The second-order valence-corrected chi connectivity index (χ2v) is 6.96. The predicted octanol–water partition coefficient (Wildman–Crippen LogP) is 3.76. The summed E-state index contributed by atoms with van der Waals surface area (Å²) in [4.78, 5) is 33.0. The van der Waals surface area contributed by atoms with E-state index in [0.717, 1.165) is 16.8 Å². The van der Waals surface area contributed by atoms with E-state index < -0.39 is 0 Å². The Kier molecular flexibility index (Phi) is 4.72. The summed E-state index contributed by atoms with van der Waals surface area (Å²) >= 11 is 1.29. The van der Waals surface area contributed by atoms with Crippen LogP contribution in [-0.4, -0.2) is 22.0 Å². The van der Waals surface area contributed by atoms with Crippen molar-refractivity contribution < 1.29 is 4.79 Å². The minimum absolute atomic E-state index is 0.0843. The molecule has 2 aromatic heterocycles. The number of hydrogen-bond donors (Lipinski definition) is 0. The third-order valence-corrected chi connectivity index (χ3v) is 5.51. The number of nitrogens with zero attached hydrogens (tertiary/aromatic N) is 3. The molecule has 0 N–H and O–H groups in total. The number of rotatable bonds is 4. The highest BCUT2D eigenvalue weighted by Crippen LogP contribution is 2.29. The number of aryl methyl sites for hydroxylation is 3. The quantitative estimate of drug-likeness (QED) is 0.716. The first kappa shape index (κ1) is 17.4. The molecular formula is C19H21N3O2S. The average Bonchev–Trinajstić information content (AvgIpc) is 2.93. The summed E-state index contributed by atoms with van der Waals surface area (Å²) in [5.74, 6) is -0.0870. The van der Waals surface area contributed by atoms with Gasteiger partial charge in [-0.25, -0.2) is 4.98 Å². The van der Waals surface area contributed by atoms with Crippen LogP contribution < -0.4 is 10.5 Å². The lowest BCUT2D eigenvalue weighted by molar-refractivity contribution is 0.0992. The molecule has 0 unspecified atom stereocenters. The van der Waals surface area contributed by atoms with Crippen molar-refractivity contribution in [2.45, 2.75) is 34.2 Å². The summed E-state index contributed by atoms with van der Waals surface area (Å²) in [7, 11) is 0. The predicted molar refractivity (Wildman–Crippen MR) is 103 cm³/mol. The van der Waals surface area contributed by atoms with Gasteiger partial charge in [0.2, 0.25) is 0 Å². The molecule has 0 fully saturated rings. The van der Waals surface area contributed by atoms with Crippen LogP contribution in [0.5, 0.6) is 0 Å². The molecule has 0 radical (unpaired) electrons. The second kappa shape index (κ2) is 6.80. The summed E-state index contributed by atoms with van der Waals surface area (Å²) < 4.78 is 1.56. The second-order valence-electron chi connectivity index (χ2n) is 5.96.